The van der Waals surface area contributed by atoms with Gasteiger partial charge >= 0.3 is 6.03 Å². The summed E-state index contributed by atoms with van der Waals surface area (Å²) in [6.07, 6.45) is 8.30. The lowest BCUT2D eigenvalue weighted by molar-refractivity contribution is -0.142. The van der Waals surface area contributed by atoms with E-state index in [1.165, 1.54) is 0 Å². The molecule has 2 saturated heterocycles. The zero-order valence-electron chi connectivity index (χ0n) is 19.9. The fraction of sp³-hybridized carbons (Fsp3) is 0.296. The van der Waals surface area contributed by atoms with Crippen LogP contribution in [-0.4, -0.2) is 52.8 Å². The van der Waals surface area contributed by atoms with Gasteiger partial charge in [-0.05, 0) is 48.2 Å². The van der Waals surface area contributed by atoms with E-state index >= 15 is 0 Å². The van der Waals surface area contributed by atoms with E-state index in [9.17, 15) is 19.2 Å². The molecule has 2 atom stereocenters. The number of carbonyl (C=O) groups is 4. The summed E-state index contributed by atoms with van der Waals surface area (Å²) in [5.41, 5.74) is 3.95. The lowest BCUT2D eigenvalue weighted by atomic mass is 9.75. The van der Waals surface area contributed by atoms with Gasteiger partial charge in [0.2, 0.25) is 11.8 Å². The number of pyridine rings is 1. The molecule has 36 heavy (non-hydrogen) atoms. The van der Waals surface area contributed by atoms with Gasteiger partial charge in [-0.1, -0.05) is 36.8 Å². The van der Waals surface area contributed by atoms with Crippen molar-refractivity contribution in [2.45, 2.75) is 32.2 Å². The molecular weight excluding hydrogens is 458 g/mol. The van der Waals surface area contributed by atoms with E-state index in [0.29, 0.717) is 37.2 Å². The molecule has 5 amide bonds. The van der Waals surface area contributed by atoms with Crippen LogP contribution in [0.1, 0.15) is 26.2 Å². The van der Waals surface area contributed by atoms with E-state index in [1.807, 2.05) is 49.4 Å². The molecule has 3 aliphatic rings. The summed E-state index contributed by atoms with van der Waals surface area (Å²) in [5.74, 6) is -0.880. The summed E-state index contributed by atoms with van der Waals surface area (Å²) in [7, 11) is 0. The summed E-state index contributed by atoms with van der Waals surface area (Å²) in [6, 6.07) is 10.5. The van der Waals surface area contributed by atoms with Crippen LogP contribution in [0.5, 0.6) is 0 Å². The minimum atomic E-state index is -0.629. The highest BCUT2D eigenvalue weighted by molar-refractivity contribution is 6.05. The van der Waals surface area contributed by atoms with Gasteiger partial charge in [0.15, 0.2) is 0 Å². The summed E-state index contributed by atoms with van der Waals surface area (Å²) in [5, 5.41) is 8.06. The first kappa shape index (κ1) is 23.5. The van der Waals surface area contributed by atoms with Crippen molar-refractivity contribution in [1.82, 2.24) is 20.5 Å². The standard InChI is InChI=1S/C27H27N5O4/c1-27-14-17(2-7-21(27)25(35)32(16-27)22-8-9-23(33)31-24(22)34)15-29-26(36)30-20-5-3-18(4-6-20)19-10-12-28-13-11-19/h2-7,10-13,22H,8-9,14-16H2,1H3,(H2,29,30,36)(H,31,33,34). The molecule has 1 aliphatic carbocycles. The number of urea groups is 1. The molecule has 0 spiro atoms. The second-order valence-electron chi connectivity index (χ2n) is 9.66. The first-order chi connectivity index (χ1) is 17.3. The van der Waals surface area contributed by atoms with Crippen molar-refractivity contribution in [3.63, 3.8) is 0 Å². The Morgan fingerprint density at radius 3 is 2.53 bits per heavy atom. The second kappa shape index (κ2) is 9.41. The first-order valence-corrected chi connectivity index (χ1v) is 11.9. The predicted octanol–water partition coefficient (Wildman–Crippen LogP) is 2.78. The van der Waals surface area contributed by atoms with Gasteiger partial charge in [-0.2, -0.15) is 0 Å². The fourth-order valence-corrected chi connectivity index (χ4v) is 5.14. The number of carbonyl (C=O) groups excluding carboxylic acids is 4. The number of fused-ring (bicyclic) bond motifs is 1. The third-order valence-electron chi connectivity index (χ3n) is 6.98. The number of rotatable bonds is 5. The lowest BCUT2D eigenvalue weighted by Crippen LogP contribution is -2.53. The highest BCUT2D eigenvalue weighted by atomic mass is 16.2. The monoisotopic (exact) mass is 485 g/mol. The Balaban J connectivity index is 1.16. The third kappa shape index (κ3) is 4.64. The van der Waals surface area contributed by atoms with Crippen LogP contribution >= 0.6 is 0 Å². The van der Waals surface area contributed by atoms with E-state index in [1.54, 1.807) is 23.4 Å². The fourth-order valence-electron chi connectivity index (χ4n) is 5.14. The zero-order valence-corrected chi connectivity index (χ0v) is 19.9. The van der Waals surface area contributed by atoms with E-state index in [-0.39, 0.29) is 24.3 Å². The van der Waals surface area contributed by atoms with Crippen LogP contribution in [0.2, 0.25) is 0 Å². The Labute approximate surface area is 208 Å². The normalized spacial score (nSPS) is 23.4. The molecule has 9 heteroatoms. The summed E-state index contributed by atoms with van der Waals surface area (Å²) >= 11 is 0. The molecule has 0 saturated carbocycles. The van der Waals surface area contributed by atoms with Crippen molar-refractivity contribution in [1.29, 1.82) is 0 Å². The molecule has 3 heterocycles. The number of nitrogens with one attached hydrogen (secondary N) is 3. The van der Waals surface area contributed by atoms with Crippen LogP contribution in [0, 0.1) is 5.41 Å². The van der Waals surface area contributed by atoms with Crippen LogP contribution in [0.3, 0.4) is 0 Å². The molecule has 5 rings (SSSR count). The number of anilines is 1. The molecule has 2 fully saturated rings. The lowest BCUT2D eigenvalue weighted by Gasteiger charge is -2.32. The number of aromatic nitrogens is 1. The molecule has 2 unspecified atom stereocenters. The first-order valence-electron chi connectivity index (χ1n) is 11.9. The van der Waals surface area contributed by atoms with Crippen molar-refractivity contribution < 1.29 is 19.2 Å². The topological polar surface area (TPSA) is 120 Å². The summed E-state index contributed by atoms with van der Waals surface area (Å²) in [6.45, 7) is 2.74. The Hall–Kier alpha value is -4.27. The highest BCUT2D eigenvalue weighted by Gasteiger charge is 2.49. The van der Waals surface area contributed by atoms with Crippen LogP contribution in [0.25, 0.3) is 11.1 Å². The van der Waals surface area contributed by atoms with Crippen molar-refractivity contribution in [3.05, 3.63) is 72.1 Å². The van der Waals surface area contributed by atoms with Gasteiger partial charge in [0.05, 0.1) is 0 Å². The number of amides is 5. The highest BCUT2D eigenvalue weighted by Crippen LogP contribution is 2.45. The SMILES string of the molecule is CC12CC(CNC(=O)Nc3ccc(-c4ccncc4)cc3)=CC=C1C(=O)N(C1CCC(=O)NC1=O)C2. The van der Waals surface area contributed by atoms with Crippen molar-refractivity contribution in [3.8, 4) is 11.1 Å². The van der Waals surface area contributed by atoms with Gasteiger partial charge in [0, 0.05) is 48.6 Å². The Bertz CT molecular complexity index is 1290. The number of benzene rings is 1. The number of hydrogen-bond acceptors (Lipinski definition) is 5. The number of hydrogen-bond donors (Lipinski definition) is 3. The molecule has 184 valence electrons. The molecule has 2 aromatic rings. The number of allylic oxidation sites excluding steroid dienone is 2. The Kier molecular flexibility index (Phi) is 6.13. The number of piperidine rings is 1. The van der Waals surface area contributed by atoms with Crippen LogP contribution in [-0.2, 0) is 14.4 Å². The number of imide groups is 1. The van der Waals surface area contributed by atoms with E-state index in [4.69, 9.17) is 0 Å². The van der Waals surface area contributed by atoms with E-state index in [0.717, 1.165) is 16.7 Å². The molecule has 3 N–H and O–H groups in total. The van der Waals surface area contributed by atoms with Crippen molar-refractivity contribution in [2.75, 3.05) is 18.4 Å². The average Bonchev–Trinajstić information content (AvgIpc) is 3.13. The van der Waals surface area contributed by atoms with Crippen LogP contribution in [0.4, 0.5) is 10.5 Å². The Morgan fingerprint density at radius 2 is 1.81 bits per heavy atom. The second-order valence-corrected chi connectivity index (χ2v) is 9.66. The maximum absolute atomic E-state index is 13.0. The predicted molar refractivity (Wildman–Crippen MR) is 133 cm³/mol. The van der Waals surface area contributed by atoms with Crippen LogP contribution < -0.4 is 16.0 Å². The minimum Gasteiger partial charge on any atom is -0.334 e. The molecule has 1 aromatic carbocycles. The van der Waals surface area contributed by atoms with Gasteiger partial charge < -0.3 is 15.5 Å². The quantitative estimate of drug-likeness (QED) is 0.563. The van der Waals surface area contributed by atoms with Gasteiger partial charge in [-0.25, -0.2) is 4.79 Å². The molecular formula is C27H27N5O4. The molecule has 1 aromatic heterocycles. The molecule has 0 radical (unpaired) electrons. The smallest absolute Gasteiger partial charge is 0.319 e. The maximum Gasteiger partial charge on any atom is 0.319 e. The van der Waals surface area contributed by atoms with Gasteiger partial charge in [-0.3, -0.25) is 24.7 Å². The van der Waals surface area contributed by atoms with Gasteiger partial charge in [-0.15, -0.1) is 0 Å². The van der Waals surface area contributed by atoms with Crippen molar-refractivity contribution >= 4 is 29.4 Å². The summed E-state index contributed by atoms with van der Waals surface area (Å²) in [4.78, 5) is 54.9. The number of likely N-dealkylation sites (tertiary alicyclic amines) is 1. The summed E-state index contributed by atoms with van der Waals surface area (Å²) < 4.78 is 0. The molecule has 9 nitrogen and oxygen atoms in total. The largest absolute Gasteiger partial charge is 0.334 e. The van der Waals surface area contributed by atoms with Gasteiger partial charge in [0.1, 0.15) is 6.04 Å². The third-order valence-corrected chi connectivity index (χ3v) is 6.98. The average molecular weight is 486 g/mol. The van der Waals surface area contributed by atoms with Gasteiger partial charge in [0.25, 0.3) is 5.91 Å². The van der Waals surface area contributed by atoms with E-state index < -0.39 is 17.4 Å². The molecule has 2 aliphatic heterocycles. The zero-order chi connectivity index (χ0) is 25.3. The van der Waals surface area contributed by atoms with Crippen LogP contribution in [0.15, 0.2) is 72.1 Å². The Morgan fingerprint density at radius 1 is 1.08 bits per heavy atom. The van der Waals surface area contributed by atoms with Crippen molar-refractivity contribution in [2.24, 2.45) is 5.41 Å². The molecule has 0 bridgehead atoms. The minimum absolute atomic E-state index is 0.164. The number of nitrogens with zero attached hydrogens (tertiary/aromatic N) is 2. The maximum atomic E-state index is 13.0. The van der Waals surface area contributed by atoms with E-state index in [2.05, 4.69) is 20.9 Å².